The standard InChI is InChI=1S/C20H25BrN6O3S/c1-26(2)31(28,29)16-9-5-14(6-10-16)24-18-11-19(25-20-17(21)12-23-27(18)20)30-15-7-3-13(22)4-8-15/h5-6,9-13,15,24H,3-4,7-8,22H2,1-2H3. The van der Waals surface area contributed by atoms with Gasteiger partial charge in [0.15, 0.2) is 5.65 Å². The molecule has 1 aliphatic carbocycles. The largest absolute Gasteiger partial charge is 0.474 e. The molecule has 11 heteroatoms. The van der Waals surface area contributed by atoms with Crippen molar-refractivity contribution in [2.45, 2.75) is 42.7 Å². The molecule has 2 heterocycles. The van der Waals surface area contributed by atoms with Crippen LogP contribution in [0.5, 0.6) is 5.88 Å². The van der Waals surface area contributed by atoms with E-state index in [1.807, 2.05) is 0 Å². The molecule has 0 unspecified atom stereocenters. The summed E-state index contributed by atoms with van der Waals surface area (Å²) in [6.45, 7) is 0. The Labute approximate surface area is 189 Å². The maximum absolute atomic E-state index is 12.3. The van der Waals surface area contributed by atoms with Crippen molar-refractivity contribution in [1.82, 2.24) is 18.9 Å². The third kappa shape index (κ3) is 4.69. The summed E-state index contributed by atoms with van der Waals surface area (Å²) in [5.74, 6) is 1.16. The minimum absolute atomic E-state index is 0.0832. The number of fused-ring (bicyclic) bond motifs is 1. The first-order valence-corrected chi connectivity index (χ1v) is 12.2. The van der Waals surface area contributed by atoms with Gasteiger partial charge in [-0.1, -0.05) is 0 Å². The number of benzene rings is 1. The molecular formula is C20H25BrN6O3S. The van der Waals surface area contributed by atoms with E-state index in [1.54, 1.807) is 41.0 Å². The Morgan fingerprint density at radius 1 is 1.19 bits per heavy atom. The summed E-state index contributed by atoms with van der Waals surface area (Å²) in [6, 6.07) is 8.60. The molecular weight excluding hydrogens is 484 g/mol. The van der Waals surface area contributed by atoms with Crippen LogP contribution in [0.3, 0.4) is 0 Å². The number of ether oxygens (including phenoxy) is 1. The van der Waals surface area contributed by atoms with Crippen molar-refractivity contribution in [3.05, 3.63) is 41.0 Å². The van der Waals surface area contributed by atoms with Crippen LogP contribution in [-0.4, -0.2) is 53.6 Å². The zero-order valence-corrected chi connectivity index (χ0v) is 19.7. The van der Waals surface area contributed by atoms with E-state index in [9.17, 15) is 8.42 Å². The molecule has 0 aliphatic heterocycles. The van der Waals surface area contributed by atoms with E-state index >= 15 is 0 Å². The SMILES string of the molecule is CN(C)S(=O)(=O)c1ccc(Nc2cc(OC3CCC(N)CC3)nc3c(Br)cnn23)cc1. The predicted molar refractivity (Wildman–Crippen MR) is 122 cm³/mol. The number of halogens is 1. The molecule has 1 fully saturated rings. The molecule has 2 aromatic heterocycles. The minimum Gasteiger partial charge on any atom is -0.474 e. The van der Waals surface area contributed by atoms with Crippen LogP contribution in [0, 0.1) is 0 Å². The first-order chi connectivity index (χ1) is 14.7. The molecule has 166 valence electrons. The van der Waals surface area contributed by atoms with Crippen molar-refractivity contribution in [2.75, 3.05) is 19.4 Å². The van der Waals surface area contributed by atoms with Crippen molar-refractivity contribution >= 4 is 43.1 Å². The fourth-order valence-corrected chi connectivity index (χ4v) is 4.76. The lowest BCUT2D eigenvalue weighted by Gasteiger charge is -2.26. The van der Waals surface area contributed by atoms with Crippen LogP contribution in [-0.2, 0) is 10.0 Å². The number of hydrogen-bond acceptors (Lipinski definition) is 7. The van der Waals surface area contributed by atoms with Gasteiger partial charge in [0.05, 0.1) is 15.6 Å². The second-order valence-corrected chi connectivity index (χ2v) is 10.8. The molecule has 3 aromatic rings. The molecule has 31 heavy (non-hydrogen) atoms. The summed E-state index contributed by atoms with van der Waals surface area (Å²) < 4.78 is 34.3. The summed E-state index contributed by atoms with van der Waals surface area (Å²) in [5.41, 5.74) is 7.33. The Hall–Kier alpha value is -2.21. The van der Waals surface area contributed by atoms with Crippen molar-refractivity contribution in [3.63, 3.8) is 0 Å². The van der Waals surface area contributed by atoms with Gasteiger partial charge in [-0.3, -0.25) is 0 Å². The second-order valence-electron chi connectivity index (χ2n) is 7.80. The molecule has 0 radical (unpaired) electrons. The number of nitrogens with zero attached hydrogens (tertiary/aromatic N) is 4. The summed E-state index contributed by atoms with van der Waals surface area (Å²) in [6.07, 6.45) is 5.44. The number of anilines is 2. The second kappa shape index (κ2) is 8.73. The van der Waals surface area contributed by atoms with Gasteiger partial charge >= 0.3 is 0 Å². The van der Waals surface area contributed by atoms with Gasteiger partial charge in [0, 0.05) is 31.9 Å². The van der Waals surface area contributed by atoms with Gasteiger partial charge in [0.25, 0.3) is 0 Å². The molecule has 1 aromatic carbocycles. The van der Waals surface area contributed by atoms with Crippen molar-refractivity contribution < 1.29 is 13.2 Å². The van der Waals surface area contributed by atoms with Crippen molar-refractivity contribution in [2.24, 2.45) is 5.73 Å². The Kier molecular flexibility index (Phi) is 6.20. The van der Waals surface area contributed by atoms with Gasteiger partial charge in [-0.2, -0.15) is 14.6 Å². The topological polar surface area (TPSA) is 115 Å². The molecule has 9 nitrogen and oxygen atoms in total. The summed E-state index contributed by atoms with van der Waals surface area (Å²) in [4.78, 5) is 4.82. The third-order valence-electron chi connectivity index (χ3n) is 5.32. The molecule has 0 atom stereocenters. The Bertz CT molecular complexity index is 1170. The average molecular weight is 509 g/mol. The normalized spacial score (nSPS) is 19.6. The first kappa shape index (κ1) is 22.0. The summed E-state index contributed by atoms with van der Waals surface area (Å²) >= 11 is 3.48. The van der Waals surface area contributed by atoms with Crippen LogP contribution in [0.4, 0.5) is 11.5 Å². The van der Waals surface area contributed by atoms with Gasteiger partial charge in [-0.15, -0.1) is 0 Å². The van der Waals surface area contributed by atoms with Gasteiger partial charge in [-0.25, -0.2) is 12.7 Å². The highest BCUT2D eigenvalue weighted by Crippen LogP contribution is 2.29. The van der Waals surface area contributed by atoms with Gasteiger partial charge < -0.3 is 15.8 Å². The molecule has 0 bridgehead atoms. The van der Waals surface area contributed by atoms with Gasteiger partial charge in [0.2, 0.25) is 15.9 Å². The molecule has 1 saturated carbocycles. The Morgan fingerprint density at radius 2 is 1.87 bits per heavy atom. The quantitative estimate of drug-likeness (QED) is 0.525. The zero-order chi connectivity index (χ0) is 22.2. The van der Waals surface area contributed by atoms with Crippen LogP contribution in [0.1, 0.15) is 25.7 Å². The van der Waals surface area contributed by atoms with E-state index in [-0.39, 0.29) is 17.0 Å². The van der Waals surface area contributed by atoms with E-state index < -0.39 is 10.0 Å². The highest BCUT2D eigenvalue weighted by molar-refractivity contribution is 9.10. The predicted octanol–water partition coefficient (Wildman–Crippen LogP) is 3.13. The van der Waals surface area contributed by atoms with E-state index in [2.05, 4.69) is 31.3 Å². The molecule has 0 amide bonds. The maximum Gasteiger partial charge on any atom is 0.242 e. The molecule has 3 N–H and O–H groups in total. The smallest absolute Gasteiger partial charge is 0.242 e. The van der Waals surface area contributed by atoms with Crippen molar-refractivity contribution in [1.29, 1.82) is 0 Å². The molecule has 4 rings (SSSR count). The van der Waals surface area contributed by atoms with Gasteiger partial charge in [0.1, 0.15) is 11.9 Å². The maximum atomic E-state index is 12.3. The van der Waals surface area contributed by atoms with E-state index in [0.29, 0.717) is 23.0 Å². The summed E-state index contributed by atoms with van der Waals surface area (Å²) in [5, 5.41) is 7.65. The Balaban J connectivity index is 1.61. The number of nitrogens with one attached hydrogen (secondary N) is 1. The lowest BCUT2D eigenvalue weighted by atomic mass is 9.94. The van der Waals surface area contributed by atoms with Crippen LogP contribution in [0.2, 0.25) is 0 Å². The zero-order valence-electron chi connectivity index (χ0n) is 17.3. The van der Waals surface area contributed by atoms with E-state index in [4.69, 9.17) is 10.5 Å². The highest BCUT2D eigenvalue weighted by Gasteiger charge is 2.22. The number of sulfonamides is 1. The number of aromatic nitrogens is 3. The van der Waals surface area contributed by atoms with Crippen molar-refractivity contribution in [3.8, 4) is 5.88 Å². The number of nitrogens with two attached hydrogens (primary N) is 1. The lowest BCUT2D eigenvalue weighted by Crippen LogP contribution is -2.31. The molecule has 0 saturated heterocycles. The fraction of sp³-hybridized carbons (Fsp3) is 0.400. The first-order valence-electron chi connectivity index (χ1n) is 10.00. The van der Waals surface area contributed by atoms with Crippen LogP contribution >= 0.6 is 15.9 Å². The highest BCUT2D eigenvalue weighted by atomic mass is 79.9. The number of rotatable bonds is 6. The summed E-state index contributed by atoms with van der Waals surface area (Å²) in [7, 11) is -0.470. The van der Waals surface area contributed by atoms with Crippen LogP contribution in [0.15, 0.2) is 45.9 Å². The van der Waals surface area contributed by atoms with E-state index in [1.165, 1.54) is 18.4 Å². The fourth-order valence-electron chi connectivity index (χ4n) is 3.51. The monoisotopic (exact) mass is 508 g/mol. The van der Waals surface area contributed by atoms with Crippen LogP contribution in [0.25, 0.3) is 5.65 Å². The van der Waals surface area contributed by atoms with Gasteiger partial charge in [-0.05, 0) is 65.9 Å². The molecule has 1 aliphatic rings. The van der Waals surface area contributed by atoms with E-state index in [0.717, 1.165) is 30.2 Å². The Morgan fingerprint density at radius 3 is 2.52 bits per heavy atom. The third-order valence-corrected chi connectivity index (χ3v) is 7.71. The minimum atomic E-state index is -3.48. The van der Waals surface area contributed by atoms with Crippen LogP contribution < -0.4 is 15.8 Å². The average Bonchev–Trinajstić information content (AvgIpc) is 3.11. The number of hydrogen-bond donors (Lipinski definition) is 2. The lowest BCUT2D eigenvalue weighted by molar-refractivity contribution is 0.141. The molecule has 0 spiro atoms.